The number of urea groups is 1. The average molecular weight is 519 g/mol. The van der Waals surface area contributed by atoms with E-state index in [1.54, 1.807) is 11.6 Å². The van der Waals surface area contributed by atoms with Gasteiger partial charge in [-0.2, -0.15) is 18.4 Å². The van der Waals surface area contributed by atoms with Gasteiger partial charge in [0.2, 0.25) is 0 Å². The number of hydrogen-bond donors (Lipinski definition) is 2. The lowest BCUT2D eigenvalue weighted by atomic mass is 10.2. The van der Waals surface area contributed by atoms with Crippen LogP contribution in [-0.4, -0.2) is 39.9 Å². The first-order valence-electron chi connectivity index (χ1n) is 8.12. The molecule has 3 rings (SSSR count). The average Bonchev–Trinajstić information content (AvgIpc) is 2.64. The van der Waals surface area contributed by atoms with E-state index in [0.717, 1.165) is 6.07 Å². The van der Waals surface area contributed by atoms with E-state index in [2.05, 4.69) is 31.2 Å². The highest BCUT2D eigenvalue weighted by atomic mass is 79.9. The molecule has 0 fully saturated rings. The second kappa shape index (κ2) is 7.85. The third-order valence-corrected chi connectivity index (χ3v) is 7.48. The van der Waals surface area contributed by atoms with Crippen molar-refractivity contribution in [3.63, 3.8) is 0 Å². The van der Waals surface area contributed by atoms with E-state index in [0.29, 0.717) is 10.2 Å². The molecule has 1 aliphatic heterocycles. The van der Waals surface area contributed by atoms with Crippen molar-refractivity contribution in [2.24, 2.45) is 0 Å². The summed E-state index contributed by atoms with van der Waals surface area (Å²) in [5, 5.41) is 2.28. The van der Waals surface area contributed by atoms with Crippen LogP contribution >= 0.6 is 15.9 Å². The van der Waals surface area contributed by atoms with Crippen molar-refractivity contribution < 1.29 is 30.6 Å². The Bertz CT molecular complexity index is 1290. The Kier molecular flexibility index (Phi) is 5.75. The summed E-state index contributed by atoms with van der Waals surface area (Å²) in [7, 11) is -7.29. The number of carbonyl (C=O) groups excluding carboxylic acids is 1. The number of nitrogens with zero attached hydrogens (tertiary/aromatic N) is 2. The molecule has 1 aromatic carbocycles. The highest BCUT2D eigenvalue weighted by molar-refractivity contribution is 9.10. The minimum absolute atomic E-state index is 0.0282. The van der Waals surface area contributed by atoms with Gasteiger partial charge in [0, 0.05) is 5.56 Å². The van der Waals surface area contributed by atoms with Crippen LogP contribution in [0.1, 0.15) is 18.2 Å². The van der Waals surface area contributed by atoms with Crippen LogP contribution in [-0.2, 0) is 20.1 Å². The fraction of sp³-hybridized carbons (Fsp3) is 0.188. The molecular formula is C16H15BrN4O7S2. The molecule has 1 aromatic heterocycles. The summed E-state index contributed by atoms with van der Waals surface area (Å²) in [5.41, 5.74) is 0.683. The third kappa shape index (κ3) is 4.24. The zero-order valence-electron chi connectivity index (χ0n) is 15.8. The quantitative estimate of drug-likeness (QED) is 0.579. The number of hydrogen-bond acceptors (Lipinski definition) is 9. The highest BCUT2D eigenvalue weighted by Crippen LogP contribution is 2.36. The summed E-state index contributed by atoms with van der Waals surface area (Å²) in [6.45, 7) is 2.94. The smallest absolute Gasteiger partial charge is 0.335 e. The lowest BCUT2D eigenvalue weighted by Crippen LogP contribution is -2.35. The van der Waals surface area contributed by atoms with Crippen LogP contribution in [0.4, 0.5) is 10.6 Å². The van der Waals surface area contributed by atoms with Crippen molar-refractivity contribution in [2.75, 3.05) is 12.4 Å². The summed E-state index contributed by atoms with van der Waals surface area (Å²) in [4.78, 5) is 19.7. The largest absolute Gasteiger partial charge is 0.467 e. The van der Waals surface area contributed by atoms with Gasteiger partial charge in [-0.25, -0.2) is 17.9 Å². The number of fused-ring (bicyclic) bond motifs is 1. The van der Waals surface area contributed by atoms with Crippen molar-refractivity contribution in [3.8, 4) is 11.8 Å². The zero-order chi connectivity index (χ0) is 22.3. The molecule has 0 bridgehead atoms. The number of allylic oxidation sites excluding steroid dienone is 1. The first kappa shape index (κ1) is 22.0. The van der Waals surface area contributed by atoms with E-state index < -0.39 is 36.8 Å². The first-order chi connectivity index (χ1) is 13.9. The SMILES string of the molecule is COc1nc(C)c(Br)c(NC(=O)NS(=O)(=O)c2cccc3c2OS(=O)(=O)C(C)=C3)n1. The summed E-state index contributed by atoms with van der Waals surface area (Å²) < 4.78 is 61.4. The normalized spacial score (nSPS) is 14.7. The summed E-state index contributed by atoms with van der Waals surface area (Å²) >= 11 is 3.20. The van der Waals surface area contributed by atoms with Gasteiger partial charge in [0.15, 0.2) is 11.6 Å². The van der Waals surface area contributed by atoms with Gasteiger partial charge in [-0.05, 0) is 41.9 Å². The molecule has 0 unspecified atom stereocenters. The van der Waals surface area contributed by atoms with E-state index in [1.165, 1.54) is 32.2 Å². The Morgan fingerprint density at radius 2 is 1.93 bits per heavy atom. The molecule has 0 spiro atoms. The molecule has 2 N–H and O–H groups in total. The maximum Gasteiger partial charge on any atom is 0.335 e. The number of para-hydroxylation sites is 1. The number of ether oxygens (including phenoxy) is 1. The Labute approximate surface area is 180 Å². The molecule has 160 valence electrons. The number of halogens is 1. The molecule has 14 heteroatoms. The molecule has 2 amide bonds. The fourth-order valence-corrected chi connectivity index (χ4v) is 4.64. The maximum absolute atomic E-state index is 12.7. The van der Waals surface area contributed by atoms with Gasteiger partial charge < -0.3 is 8.92 Å². The summed E-state index contributed by atoms with van der Waals surface area (Å²) in [5.74, 6) is -0.427. The highest BCUT2D eigenvalue weighted by Gasteiger charge is 2.31. The molecule has 0 saturated heterocycles. The molecular weight excluding hydrogens is 504 g/mol. The zero-order valence-corrected chi connectivity index (χ0v) is 19.0. The van der Waals surface area contributed by atoms with E-state index in [9.17, 15) is 21.6 Å². The van der Waals surface area contributed by atoms with Gasteiger partial charge in [0.25, 0.3) is 10.0 Å². The molecule has 2 heterocycles. The first-order valence-corrected chi connectivity index (χ1v) is 11.8. The summed E-state index contributed by atoms with van der Waals surface area (Å²) in [6.07, 6.45) is 1.28. The minimum Gasteiger partial charge on any atom is -0.467 e. The molecule has 0 atom stereocenters. The van der Waals surface area contributed by atoms with E-state index in [1.807, 2.05) is 0 Å². The molecule has 0 saturated carbocycles. The molecule has 0 aliphatic carbocycles. The number of carbonyl (C=O) groups is 1. The molecule has 11 nitrogen and oxygen atoms in total. The number of sulfonamides is 1. The number of anilines is 1. The van der Waals surface area contributed by atoms with E-state index >= 15 is 0 Å². The van der Waals surface area contributed by atoms with Gasteiger partial charge in [-0.1, -0.05) is 12.1 Å². The molecule has 2 aromatic rings. The van der Waals surface area contributed by atoms with Gasteiger partial charge >= 0.3 is 22.2 Å². The predicted molar refractivity (Wildman–Crippen MR) is 110 cm³/mol. The minimum atomic E-state index is -4.50. The van der Waals surface area contributed by atoms with Crippen molar-refractivity contribution in [1.82, 2.24) is 14.7 Å². The monoisotopic (exact) mass is 518 g/mol. The Balaban J connectivity index is 1.92. The van der Waals surface area contributed by atoms with Crippen molar-refractivity contribution in [3.05, 3.63) is 38.8 Å². The third-order valence-electron chi connectivity index (χ3n) is 3.88. The second-order valence-corrected chi connectivity index (χ2v) is 10.1. The second-order valence-electron chi connectivity index (χ2n) is 5.98. The topological polar surface area (TPSA) is 154 Å². The number of methoxy groups -OCH3 is 1. The van der Waals surface area contributed by atoms with Crippen molar-refractivity contribution in [2.45, 2.75) is 18.7 Å². The van der Waals surface area contributed by atoms with Crippen molar-refractivity contribution >= 4 is 54.0 Å². The van der Waals surface area contributed by atoms with E-state index in [4.69, 9.17) is 8.92 Å². The number of benzene rings is 1. The van der Waals surface area contributed by atoms with Gasteiger partial charge in [0.05, 0.1) is 22.2 Å². The molecule has 30 heavy (non-hydrogen) atoms. The molecule has 0 radical (unpaired) electrons. The van der Waals surface area contributed by atoms with Gasteiger partial charge in [0.1, 0.15) is 4.90 Å². The fourth-order valence-electron chi connectivity index (χ4n) is 2.43. The number of amides is 2. The van der Waals surface area contributed by atoms with Gasteiger partial charge in [-0.15, -0.1) is 0 Å². The summed E-state index contributed by atoms with van der Waals surface area (Å²) in [6, 6.07) is 2.82. The standard InChI is InChI=1S/C16H15BrN4O7S2/c1-8-7-10-5-4-6-11(13(10)28-30(8,25)26)29(23,24)21-15(22)19-14-12(17)9(2)18-16(20-14)27-3/h4-7H,1-3H3,(H2,18,19,20,21,22). The maximum atomic E-state index is 12.7. The van der Waals surface area contributed by atoms with Crippen LogP contribution in [0.2, 0.25) is 0 Å². The number of aryl methyl sites for hydroxylation is 1. The lowest BCUT2D eigenvalue weighted by molar-refractivity contribution is 0.256. The van der Waals surface area contributed by atoms with Gasteiger partial charge in [-0.3, -0.25) is 5.32 Å². The Hall–Kier alpha value is -2.71. The number of rotatable bonds is 4. The van der Waals surface area contributed by atoms with Crippen LogP contribution in [0, 0.1) is 6.92 Å². The number of nitrogens with one attached hydrogen (secondary N) is 2. The van der Waals surface area contributed by atoms with Crippen LogP contribution in [0.3, 0.4) is 0 Å². The van der Waals surface area contributed by atoms with Crippen LogP contribution in [0.5, 0.6) is 11.8 Å². The van der Waals surface area contributed by atoms with Crippen LogP contribution in [0.25, 0.3) is 6.08 Å². The molecule has 1 aliphatic rings. The van der Waals surface area contributed by atoms with E-state index in [-0.39, 0.29) is 22.3 Å². The predicted octanol–water partition coefficient (Wildman–Crippen LogP) is 2.15. The van der Waals surface area contributed by atoms with Crippen LogP contribution in [0.15, 0.2) is 32.5 Å². The Morgan fingerprint density at radius 1 is 1.23 bits per heavy atom. The van der Waals surface area contributed by atoms with Crippen molar-refractivity contribution in [1.29, 1.82) is 0 Å². The number of aromatic nitrogens is 2. The van der Waals surface area contributed by atoms with Crippen LogP contribution < -0.4 is 19.0 Å². The Morgan fingerprint density at radius 3 is 2.60 bits per heavy atom. The lowest BCUT2D eigenvalue weighted by Gasteiger charge is -2.18.